The van der Waals surface area contributed by atoms with Crippen LogP contribution in [0.15, 0.2) is 47.8 Å². The van der Waals surface area contributed by atoms with Gasteiger partial charge in [-0.2, -0.15) is 5.26 Å². The van der Waals surface area contributed by atoms with Crippen LogP contribution in [0.25, 0.3) is 11.3 Å². The minimum Gasteiger partial charge on any atom is -0.497 e. The fourth-order valence-electron chi connectivity index (χ4n) is 2.34. The molecule has 1 N–H and O–H groups in total. The molecule has 3 aromatic rings. The van der Waals surface area contributed by atoms with Gasteiger partial charge in [-0.05, 0) is 30.3 Å². The van der Waals surface area contributed by atoms with E-state index in [0.29, 0.717) is 27.8 Å². The number of nitrogens with zero attached hydrogens (tertiary/aromatic N) is 2. The lowest BCUT2D eigenvalue weighted by atomic mass is 10.1. The average molecular weight is 365 g/mol. The van der Waals surface area contributed by atoms with Crippen molar-refractivity contribution in [3.05, 3.63) is 59.0 Å². The number of thiazole rings is 1. The van der Waals surface area contributed by atoms with Crippen LogP contribution < -0.4 is 14.8 Å². The van der Waals surface area contributed by atoms with Crippen LogP contribution in [-0.4, -0.2) is 25.1 Å². The number of carbonyl (C=O) groups is 1. The summed E-state index contributed by atoms with van der Waals surface area (Å²) in [4.78, 5) is 17.0. The van der Waals surface area contributed by atoms with Crippen molar-refractivity contribution >= 4 is 22.4 Å². The first-order valence-corrected chi connectivity index (χ1v) is 8.52. The minimum absolute atomic E-state index is 0.332. The highest BCUT2D eigenvalue weighted by molar-refractivity contribution is 7.14. The molecule has 0 aliphatic heterocycles. The predicted molar refractivity (Wildman–Crippen MR) is 99.8 cm³/mol. The molecular formula is C19H15N3O3S. The number of anilines is 1. The number of hydrogen-bond donors (Lipinski definition) is 1. The van der Waals surface area contributed by atoms with Crippen molar-refractivity contribution in [1.29, 1.82) is 5.26 Å². The number of benzene rings is 2. The molecule has 0 radical (unpaired) electrons. The summed E-state index contributed by atoms with van der Waals surface area (Å²) in [5.41, 5.74) is 2.55. The molecule has 2 aromatic carbocycles. The zero-order valence-corrected chi connectivity index (χ0v) is 15.0. The second-order valence-corrected chi connectivity index (χ2v) is 6.11. The van der Waals surface area contributed by atoms with E-state index in [0.717, 1.165) is 11.3 Å². The maximum Gasteiger partial charge on any atom is 0.261 e. The number of aromatic nitrogens is 1. The summed E-state index contributed by atoms with van der Waals surface area (Å²) in [6, 6.07) is 14.2. The van der Waals surface area contributed by atoms with E-state index in [-0.39, 0.29) is 5.91 Å². The molecule has 1 amide bonds. The van der Waals surface area contributed by atoms with E-state index >= 15 is 0 Å². The van der Waals surface area contributed by atoms with E-state index in [2.05, 4.69) is 16.4 Å². The van der Waals surface area contributed by atoms with Crippen LogP contribution in [0.4, 0.5) is 5.13 Å². The number of rotatable bonds is 5. The quantitative estimate of drug-likeness (QED) is 0.740. The van der Waals surface area contributed by atoms with Crippen LogP contribution in [0, 0.1) is 11.3 Å². The van der Waals surface area contributed by atoms with Gasteiger partial charge in [0.2, 0.25) is 0 Å². The number of methoxy groups -OCH3 is 2. The van der Waals surface area contributed by atoms with Gasteiger partial charge in [0.05, 0.1) is 37.1 Å². The molecule has 0 spiro atoms. The van der Waals surface area contributed by atoms with Crippen molar-refractivity contribution in [3.63, 3.8) is 0 Å². The smallest absolute Gasteiger partial charge is 0.261 e. The van der Waals surface area contributed by atoms with Crippen molar-refractivity contribution in [2.24, 2.45) is 0 Å². The fraction of sp³-hybridized carbons (Fsp3) is 0.105. The summed E-state index contributed by atoms with van der Waals surface area (Å²) < 4.78 is 10.4. The molecule has 0 bridgehead atoms. The zero-order chi connectivity index (χ0) is 18.5. The summed E-state index contributed by atoms with van der Waals surface area (Å²) in [6.45, 7) is 0. The van der Waals surface area contributed by atoms with Gasteiger partial charge in [-0.25, -0.2) is 4.98 Å². The SMILES string of the molecule is COc1ccc(OC)c(C(=O)Nc2nc(-c3ccc(C#N)cc3)cs2)c1. The average Bonchev–Trinajstić information content (AvgIpc) is 3.15. The number of ether oxygens (including phenoxy) is 2. The summed E-state index contributed by atoms with van der Waals surface area (Å²) in [5, 5.41) is 14.0. The van der Waals surface area contributed by atoms with E-state index < -0.39 is 0 Å². The Morgan fingerprint density at radius 3 is 2.58 bits per heavy atom. The number of nitriles is 1. The van der Waals surface area contributed by atoms with Gasteiger partial charge >= 0.3 is 0 Å². The van der Waals surface area contributed by atoms with E-state index in [9.17, 15) is 4.79 Å². The molecule has 6 nitrogen and oxygen atoms in total. The Kier molecular flexibility index (Phi) is 5.15. The van der Waals surface area contributed by atoms with Crippen molar-refractivity contribution in [1.82, 2.24) is 4.98 Å². The lowest BCUT2D eigenvalue weighted by Gasteiger charge is -2.09. The standard InChI is InChI=1S/C19H15N3O3S/c1-24-14-7-8-17(25-2)15(9-14)18(23)22-19-21-16(11-26-19)13-5-3-12(10-20)4-6-13/h3-9,11H,1-2H3,(H,21,22,23). The number of nitrogens with one attached hydrogen (secondary N) is 1. The van der Waals surface area contributed by atoms with Crippen molar-refractivity contribution < 1.29 is 14.3 Å². The van der Waals surface area contributed by atoms with Crippen molar-refractivity contribution in [2.75, 3.05) is 19.5 Å². The van der Waals surface area contributed by atoms with Crippen LogP contribution in [0.3, 0.4) is 0 Å². The van der Waals surface area contributed by atoms with Gasteiger partial charge < -0.3 is 9.47 Å². The Hall–Kier alpha value is -3.37. The summed E-state index contributed by atoms with van der Waals surface area (Å²) in [6.07, 6.45) is 0. The predicted octanol–water partition coefficient (Wildman–Crippen LogP) is 3.95. The molecule has 26 heavy (non-hydrogen) atoms. The molecule has 130 valence electrons. The molecule has 0 saturated heterocycles. The largest absolute Gasteiger partial charge is 0.497 e. The zero-order valence-electron chi connectivity index (χ0n) is 14.1. The van der Waals surface area contributed by atoms with Gasteiger partial charge in [0.1, 0.15) is 11.5 Å². The highest BCUT2D eigenvalue weighted by Gasteiger charge is 2.15. The van der Waals surface area contributed by atoms with Gasteiger partial charge in [-0.15, -0.1) is 11.3 Å². The molecular weight excluding hydrogens is 350 g/mol. The lowest BCUT2D eigenvalue weighted by Crippen LogP contribution is -2.13. The number of amides is 1. The molecule has 0 fully saturated rings. The highest BCUT2D eigenvalue weighted by atomic mass is 32.1. The summed E-state index contributed by atoms with van der Waals surface area (Å²) >= 11 is 1.32. The first kappa shape index (κ1) is 17.5. The third-order valence-corrected chi connectivity index (χ3v) is 4.44. The first-order chi connectivity index (χ1) is 12.6. The fourth-order valence-corrected chi connectivity index (χ4v) is 3.05. The lowest BCUT2D eigenvalue weighted by molar-refractivity contribution is 0.102. The Morgan fingerprint density at radius 2 is 1.92 bits per heavy atom. The molecule has 0 aliphatic carbocycles. The Morgan fingerprint density at radius 1 is 1.15 bits per heavy atom. The monoisotopic (exact) mass is 365 g/mol. The molecule has 3 rings (SSSR count). The molecule has 1 heterocycles. The van der Waals surface area contributed by atoms with Gasteiger partial charge in [0, 0.05) is 10.9 Å². The van der Waals surface area contributed by atoms with E-state index in [1.54, 1.807) is 30.3 Å². The van der Waals surface area contributed by atoms with Gasteiger partial charge in [0.15, 0.2) is 5.13 Å². The van der Waals surface area contributed by atoms with E-state index in [1.807, 2.05) is 17.5 Å². The molecule has 1 aromatic heterocycles. The first-order valence-electron chi connectivity index (χ1n) is 7.64. The second kappa shape index (κ2) is 7.68. The van der Waals surface area contributed by atoms with Crippen LogP contribution in [-0.2, 0) is 0 Å². The maximum atomic E-state index is 12.6. The molecule has 0 aliphatic rings. The summed E-state index contributed by atoms with van der Waals surface area (Å²) in [5.74, 6) is 0.682. The van der Waals surface area contributed by atoms with Crippen molar-refractivity contribution in [3.8, 4) is 28.8 Å². The number of carbonyl (C=O) groups excluding carboxylic acids is 1. The summed E-state index contributed by atoms with van der Waals surface area (Å²) in [7, 11) is 3.04. The number of hydrogen-bond acceptors (Lipinski definition) is 6. The second-order valence-electron chi connectivity index (χ2n) is 5.25. The van der Waals surface area contributed by atoms with Gasteiger partial charge in [-0.3, -0.25) is 10.1 Å². The Labute approximate surface area is 154 Å². The van der Waals surface area contributed by atoms with Crippen LogP contribution in [0.5, 0.6) is 11.5 Å². The van der Waals surface area contributed by atoms with Crippen LogP contribution in [0.2, 0.25) is 0 Å². The third-order valence-electron chi connectivity index (χ3n) is 3.69. The topological polar surface area (TPSA) is 84.2 Å². The van der Waals surface area contributed by atoms with Crippen LogP contribution >= 0.6 is 11.3 Å². The van der Waals surface area contributed by atoms with Gasteiger partial charge in [-0.1, -0.05) is 12.1 Å². The maximum absolute atomic E-state index is 12.6. The minimum atomic E-state index is -0.332. The van der Waals surface area contributed by atoms with Crippen molar-refractivity contribution in [2.45, 2.75) is 0 Å². The molecule has 7 heteroatoms. The van der Waals surface area contributed by atoms with Crippen LogP contribution in [0.1, 0.15) is 15.9 Å². The molecule has 0 saturated carbocycles. The molecule has 0 atom stereocenters. The normalized spacial score (nSPS) is 10.0. The Balaban J connectivity index is 1.80. The third kappa shape index (κ3) is 3.66. The Bertz CT molecular complexity index is 974. The van der Waals surface area contributed by atoms with E-state index in [1.165, 1.54) is 25.6 Å². The molecule has 0 unspecified atom stereocenters. The van der Waals surface area contributed by atoms with Gasteiger partial charge in [0.25, 0.3) is 5.91 Å². The highest BCUT2D eigenvalue weighted by Crippen LogP contribution is 2.28. The van der Waals surface area contributed by atoms with E-state index in [4.69, 9.17) is 14.7 Å².